The molecule has 2 N–H and O–H groups in total. The molecule has 8 nitrogen and oxygen atoms in total. The number of rotatable bonds is 6. The Kier molecular flexibility index (Phi) is 5.38. The van der Waals surface area contributed by atoms with E-state index in [9.17, 15) is 12.8 Å². The zero-order valence-corrected chi connectivity index (χ0v) is 17.1. The Morgan fingerprint density at radius 2 is 1.66 bits per heavy atom. The maximum Gasteiger partial charge on any atom is 0.283 e. The van der Waals surface area contributed by atoms with Crippen molar-refractivity contribution in [2.45, 2.75) is 11.8 Å². The first-order valence-corrected chi connectivity index (χ1v) is 9.84. The molecular formula is C19H20FN3O5S. The molecule has 0 amide bonds. The van der Waals surface area contributed by atoms with E-state index in [1.807, 2.05) is 0 Å². The summed E-state index contributed by atoms with van der Waals surface area (Å²) in [4.78, 5) is -0.237. The van der Waals surface area contributed by atoms with Crippen LogP contribution in [0.3, 0.4) is 0 Å². The van der Waals surface area contributed by atoms with Gasteiger partial charge < -0.3 is 19.9 Å². The van der Waals surface area contributed by atoms with Crippen molar-refractivity contribution < 1.29 is 27.0 Å². The number of nitrogens with zero attached hydrogens (tertiary/aromatic N) is 2. The van der Waals surface area contributed by atoms with E-state index < -0.39 is 15.8 Å². The molecule has 0 aliphatic carbocycles. The summed E-state index contributed by atoms with van der Waals surface area (Å²) in [5, 5.41) is 3.91. The van der Waals surface area contributed by atoms with Crippen LogP contribution in [0.25, 0.3) is 11.1 Å². The average molecular weight is 421 g/mol. The van der Waals surface area contributed by atoms with E-state index in [0.717, 1.165) is 6.07 Å². The van der Waals surface area contributed by atoms with E-state index in [1.165, 1.54) is 39.7 Å². The van der Waals surface area contributed by atoms with Crippen molar-refractivity contribution in [2.24, 2.45) is 0 Å². The van der Waals surface area contributed by atoms with Gasteiger partial charge in [-0.15, -0.1) is 5.10 Å². The van der Waals surface area contributed by atoms with Gasteiger partial charge in [0.1, 0.15) is 5.82 Å². The molecule has 29 heavy (non-hydrogen) atoms. The Morgan fingerprint density at radius 1 is 1.03 bits per heavy atom. The largest absolute Gasteiger partial charge is 0.493 e. The summed E-state index contributed by atoms with van der Waals surface area (Å²) >= 11 is 0. The third-order valence-corrected chi connectivity index (χ3v) is 5.91. The third-order valence-electron chi connectivity index (χ3n) is 4.38. The van der Waals surface area contributed by atoms with Crippen LogP contribution in [-0.2, 0) is 10.0 Å². The van der Waals surface area contributed by atoms with E-state index in [-0.39, 0.29) is 10.7 Å². The predicted molar refractivity (Wildman–Crippen MR) is 105 cm³/mol. The summed E-state index contributed by atoms with van der Waals surface area (Å²) in [6, 6.07) is 6.88. The van der Waals surface area contributed by atoms with E-state index in [4.69, 9.17) is 19.9 Å². The molecule has 0 bridgehead atoms. The molecule has 3 aromatic rings. The van der Waals surface area contributed by atoms with Gasteiger partial charge in [-0.3, -0.25) is 0 Å². The van der Waals surface area contributed by atoms with Crippen LogP contribution in [0.4, 0.5) is 10.2 Å². The first-order valence-electron chi connectivity index (χ1n) is 8.40. The minimum atomic E-state index is -4.13. The molecule has 1 heterocycles. The normalized spacial score (nSPS) is 11.3. The summed E-state index contributed by atoms with van der Waals surface area (Å²) in [6.07, 6.45) is 1.25. The van der Waals surface area contributed by atoms with Gasteiger partial charge in [-0.1, -0.05) is 6.07 Å². The molecule has 10 heteroatoms. The molecule has 0 aliphatic rings. The quantitative estimate of drug-likeness (QED) is 0.652. The Bertz CT molecular complexity index is 1150. The fraction of sp³-hybridized carbons (Fsp3) is 0.211. The molecule has 0 saturated heterocycles. The number of ether oxygens (including phenoxy) is 3. The lowest BCUT2D eigenvalue weighted by Gasteiger charge is -2.13. The zero-order valence-electron chi connectivity index (χ0n) is 16.3. The Balaban J connectivity index is 2.13. The average Bonchev–Trinajstić information content (AvgIpc) is 3.11. The number of methoxy groups -OCH3 is 3. The zero-order chi connectivity index (χ0) is 21.3. The molecule has 0 radical (unpaired) electrons. The molecule has 0 spiro atoms. The van der Waals surface area contributed by atoms with Crippen molar-refractivity contribution in [2.75, 3.05) is 27.1 Å². The Morgan fingerprint density at radius 3 is 2.17 bits per heavy atom. The number of aryl methyl sites for hydroxylation is 1. The number of hydrogen-bond acceptors (Lipinski definition) is 7. The van der Waals surface area contributed by atoms with Crippen molar-refractivity contribution in [3.05, 3.63) is 47.9 Å². The van der Waals surface area contributed by atoms with Gasteiger partial charge >= 0.3 is 0 Å². The molecule has 0 unspecified atom stereocenters. The first kappa shape index (κ1) is 20.5. The van der Waals surface area contributed by atoms with Crippen molar-refractivity contribution in [3.8, 4) is 28.4 Å². The van der Waals surface area contributed by atoms with Crippen molar-refractivity contribution in [1.82, 2.24) is 9.19 Å². The number of aromatic nitrogens is 2. The standard InChI is InChI=1S/C19H20FN3O5S/c1-11-5-6-13(9-15(11)20)29(24,25)23-10-14(19(21)22-23)12-7-16(26-2)18(28-4)17(8-12)27-3/h5-10H,1-4H3,(H2,21,22). The van der Waals surface area contributed by atoms with E-state index >= 15 is 0 Å². The van der Waals surface area contributed by atoms with Crippen LogP contribution in [-0.4, -0.2) is 38.9 Å². The molecule has 3 rings (SSSR count). The lowest BCUT2D eigenvalue weighted by atomic mass is 10.1. The highest BCUT2D eigenvalue weighted by atomic mass is 32.2. The molecule has 2 aromatic carbocycles. The van der Waals surface area contributed by atoms with Gasteiger partial charge in [-0.05, 0) is 42.3 Å². The summed E-state index contributed by atoms with van der Waals surface area (Å²) < 4.78 is 56.2. The molecular weight excluding hydrogens is 401 g/mol. The van der Waals surface area contributed by atoms with Gasteiger partial charge in [0.05, 0.1) is 32.4 Å². The molecule has 1 aromatic heterocycles. The summed E-state index contributed by atoms with van der Waals surface area (Å²) in [7, 11) is 0.263. The molecule has 0 fully saturated rings. The highest BCUT2D eigenvalue weighted by Gasteiger charge is 2.23. The Hall–Kier alpha value is -3.27. The van der Waals surface area contributed by atoms with Crippen molar-refractivity contribution >= 4 is 15.8 Å². The SMILES string of the molecule is COc1cc(-c2cn(S(=O)(=O)c3ccc(C)c(F)c3)nc2N)cc(OC)c1OC. The summed E-state index contributed by atoms with van der Waals surface area (Å²) in [5.74, 6) is 0.467. The predicted octanol–water partition coefficient (Wildman–Crippen LogP) is 2.84. The van der Waals surface area contributed by atoms with Crippen LogP contribution in [0.1, 0.15) is 5.56 Å². The highest BCUT2D eigenvalue weighted by molar-refractivity contribution is 7.89. The van der Waals surface area contributed by atoms with Crippen LogP contribution in [0.2, 0.25) is 0 Å². The van der Waals surface area contributed by atoms with E-state index in [1.54, 1.807) is 19.1 Å². The highest BCUT2D eigenvalue weighted by Crippen LogP contribution is 2.42. The van der Waals surface area contributed by atoms with Gasteiger partial charge in [0.2, 0.25) is 5.75 Å². The first-order chi connectivity index (χ1) is 13.7. The van der Waals surface area contributed by atoms with Crippen molar-refractivity contribution in [1.29, 1.82) is 0 Å². The van der Waals surface area contributed by atoms with Gasteiger partial charge in [0.15, 0.2) is 17.3 Å². The van der Waals surface area contributed by atoms with E-state index in [2.05, 4.69) is 5.10 Å². The monoisotopic (exact) mass is 421 g/mol. The number of halogens is 1. The third kappa shape index (κ3) is 3.58. The van der Waals surface area contributed by atoms with Crippen molar-refractivity contribution in [3.63, 3.8) is 0 Å². The summed E-state index contributed by atoms with van der Waals surface area (Å²) in [5.41, 5.74) is 7.15. The second-order valence-corrected chi connectivity index (χ2v) is 7.93. The van der Waals surface area contributed by atoms with Crippen LogP contribution in [0.15, 0.2) is 41.4 Å². The number of benzene rings is 2. The number of nitrogen functional groups attached to an aromatic ring is 1. The lowest BCUT2D eigenvalue weighted by molar-refractivity contribution is 0.324. The van der Waals surface area contributed by atoms with Crippen LogP contribution >= 0.6 is 0 Å². The fourth-order valence-corrected chi connectivity index (χ4v) is 3.94. The topological polar surface area (TPSA) is 106 Å². The second-order valence-electron chi connectivity index (χ2n) is 6.13. The molecule has 0 saturated carbocycles. The van der Waals surface area contributed by atoms with Crippen LogP contribution in [0, 0.1) is 12.7 Å². The lowest BCUT2D eigenvalue weighted by Crippen LogP contribution is -2.14. The minimum Gasteiger partial charge on any atom is -0.493 e. The maximum atomic E-state index is 13.9. The number of nitrogens with two attached hydrogens (primary N) is 1. The maximum absolute atomic E-state index is 13.9. The fourth-order valence-electron chi connectivity index (χ4n) is 2.79. The summed E-state index contributed by atoms with van der Waals surface area (Å²) in [6.45, 7) is 1.54. The number of anilines is 1. The molecule has 0 atom stereocenters. The smallest absolute Gasteiger partial charge is 0.283 e. The molecule has 154 valence electrons. The van der Waals surface area contributed by atoms with Gasteiger partial charge in [-0.25, -0.2) is 4.39 Å². The van der Waals surface area contributed by atoms with Gasteiger partial charge in [0, 0.05) is 5.56 Å². The number of hydrogen-bond donors (Lipinski definition) is 1. The second kappa shape index (κ2) is 7.63. The van der Waals surface area contributed by atoms with Crippen LogP contribution in [0.5, 0.6) is 17.2 Å². The van der Waals surface area contributed by atoms with Gasteiger partial charge in [-0.2, -0.15) is 12.5 Å². The van der Waals surface area contributed by atoms with Gasteiger partial charge in [0.25, 0.3) is 10.0 Å². The molecule has 0 aliphatic heterocycles. The Labute approximate surface area is 167 Å². The van der Waals surface area contributed by atoms with Crippen LogP contribution < -0.4 is 19.9 Å². The van der Waals surface area contributed by atoms with E-state index in [0.29, 0.717) is 38.0 Å². The minimum absolute atomic E-state index is 0.0320.